The molecule has 0 bridgehead atoms. The Bertz CT molecular complexity index is 727. The highest BCUT2D eigenvalue weighted by Gasteiger charge is 2.30. The van der Waals surface area contributed by atoms with Gasteiger partial charge in [0, 0.05) is 31.2 Å². The molecule has 1 saturated heterocycles. The third-order valence-electron chi connectivity index (χ3n) is 4.94. The first-order chi connectivity index (χ1) is 12.8. The summed E-state index contributed by atoms with van der Waals surface area (Å²) in [5, 5.41) is 3.09. The first kappa shape index (κ1) is 17.2. The van der Waals surface area contributed by atoms with Crippen LogP contribution >= 0.6 is 0 Å². The number of ether oxygens (including phenoxy) is 2. The molecule has 2 atom stereocenters. The van der Waals surface area contributed by atoms with Crippen LogP contribution in [-0.4, -0.2) is 47.4 Å². The van der Waals surface area contributed by atoms with Crippen LogP contribution in [0.15, 0.2) is 42.7 Å². The highest BCUT2D eigenvalue weighted by Crippen LogP contribution is 2.30. The van der Waals surface area contributed by atoms with Crippen molar-refractivity contribution >= 4 is 5.91 Å². The standard InChI is InChI=1S/C20H25N3O3/c24-19(12-23-10-9-21-20(23)16-4-2-1-3-5-16)22-17-14-25-11-8-18(17)26-13-15-6-7-15/h1-5,9-10,15,17-18H,6-8,11-14H2,(H,22,24)/t17-,18+/m1/s1. The molecule has 2 aliphatic rings. The van der Waals surface area contributed by atoms with Crippen LogP contribution in [0.2, 0.25) is 0 Å². The largest absolute Gasteiger partial charge is 0.379 e. The monoisotopic (exact) mass is 355 g/mol. The van der Waals surface area contributed by atoms with Gasteiger partial charge >= 0.3 is 0 Å². The van der Waals surface area contributed by atoms with E-state index in [4.69, 9.17) is 9.47 Å². The van der Waals surface area contributed by atoms with Crippen molar-refractivity contribution in [1.82, 2.24) is 14.9 Å². The Morgan fingerprint density at radius 2 is 2.12 bits per heavy atom. The van der Waals surface area contributed by atoms with Crippen molar-refractivity contribution in [2.45, 2.75) is 38.0 Å². The normalized spacial score (nSPS) is 22.9. The summed E-state index contributed by atoms with van der Waals surface area (Å²) in [7, 11) is 0. The Hall–Kier alpha value is -2.18. The Morgan fingerprint density at radius 1 is 1.27 bits per heavy atom. The Labute approximate surface area is 153 Å². The van der Waals surface area contributed by atoms with Crippen LogP contribution in [0.3, 0.4) is 0 Å². The van der Waals surface area contributed by atoms with E-state index in [1.165, 1.54) is 12.8 Å². The van der Waals surface area contributed by atoms with E-state index in [1.54, 1.807) is 6.20 Å². The van der Waals surface area contributed by atoms with Gasteiger partial charge in [0.2, 0.25) is 5.91 Å². The minimum absolute atomic E-state index is 0.0456. The van der Waals surface area contributed by atoms with E-state index >= 15 is 0 Å². The van der Waals surface area contributed by atoms with Crippen molar-refractivity contribution in [3.63, 3.8) is 0 Å². The average molecular weight is 355 g/mol. The maximum absolute atomic E-state index is 12.6. The lowest BCUT2D eigenvalue weighted by molar-refractivity contribution is -0.126. The van der Waals surface area contributed by atoms with Crippen molar-refractivity contribution in [2.24, 2.45) is 5.92 Å². The van der Waals surface area contributed by atoms with Crippen LogP contribution in [0.1, 0.15) is 19.3 Å². The molecule has 1 aromatic heterocycles. The maximum atomic E-state index is 12.6. The summed E-state index contributed by atoms with van der Waals surface area (Å²) in [5.41, 5.74) is 0.997. The van der Waals surface area contributed by atoms with Crippen LogP contribution in [0.5, 0.6) is 0 Å². The second kappa shape index (κ2) is 8.01. The lowest BCUT2D eigenvalue weighted by Gasteiger charge is -2.32. The molecular formula is C20H25N3O3. The molecule has 2 aromatic rings. The summed E-state index contributed by atoms with van der Waals surface area (Å²) in [6.07, 6.45) is 6.97. The zero-order valence-corrected chi connectivity index (χ0v) is 14.8. The van der Waals surface area contributed by atoms with Gasteiger partial charge in [0.15, 0.2) is 0 Å². The highest BCUT2D eigenvalue weighted by molar-refractivity contribution is 5.77. The number of carbonyl (C=O) groups is 1. The molecule has 6 heteroatoms. The van der Waals surface area contributed by atoms with E-state index in [0.29, 0.717) is 19.1 Å². The zero-order chi connectivity index (χ0) is 17.8. The smallest absolute Gasteiger partial charge is 0.240 e. The van der Waals surface area contributed by atoms with Crippen LogP contribution in [0.25, 0.3) is 11.4 Å². The van der Waals surface area contributed by atoms with E-state index < -0.39 is 0 Å². The summed E-state index contributed by atoms with van der Waals surface area (Å²) in [6.45, 7) is 2.24. The lowest BCUT2D eigenvalue weighted by Crippen LogP contribution is -2.51. The van der Waals surface area contributed by atoms with Gasteiger partial charge in [-0.3, -0.25) is 4.79 Å². The minimum Gasteiger partial charge on any atom is -0.379 e. The quantitative estimate of drug-likeness (QED) is 0.827. The second-order valence-corrected chi connectivity index (χ2v) is 7.10. The fourth-order valence-corrected chi connectivity index (χ4v) is 3.29. The summed E-state index contributed by atoms with van der Waals surface area (Å²) >= 11 is 0. The Morgan fingerprint density at radius 3 is 2.92 bits per heavy atom. The van der Waals surface area contributed by atoms with E-state index in [1.807, 2.05) is 41.1 Å². The number of amides is 1. The van der Waals surface area contributed by atoms with Crippen LogP contribution in [0.4, 0.5) is 0 Å². The van der Waals surface area contributed by atoms with Gasteiger partial charge in [-0.1, -0.05) is 30.3 Å². The van der Waals surface area contributed by atoms with Gasteiger partial charge in [-0.25, -0.2) is 4.98 Å². The molecule has 1 aliphatic heterocycles. The topological polar surface area (TPSA) is 65.4 Å². The molecular weight excluding hydrogens is 330 g/mol. The molecule has 0 unspecified atom stereocenters. The van der Waals surface area contributed by atoms with Gasteiger partial charge in [0.05, 0.1) is 18.8 Å². The SMILES string of the molecule is O=C(Cn1ccnc1-c1ccccc1)N[C@@H]1COCC[C@@H]1OCC1CC1. The average Bonchev–Trinajstić information content (AvgIpc) is 3.39. The van der Waals surface area contributed by atoms with Crippen molar-refractivity contribution in [1.29, 1.82) is 0 Å². The molecule has 2 heterocycles. The van der Waals surface area contributed by atoms with Gasteiger partial charge in [0.1, 0.15) is 12.4 Å². The molecule has 6 nitrogen and oxygen atoms in total. The number of nitrogens with one attached hydrogen (secondary N) is 1. The molecule has 4 rings (SSSR count). The van der Waals surface area contributed by atoms with Crippen LogP contribution in [-0.2, 0) is 20.8 Å². The Kier molecular flexibility index (Phi) is 5.32. The molecule has 1 aliphatic carbocycles. The van der Waals surface area contributed by atoms with E-state index in [0.717, 1.165) is 24.4 Å². The highest BCUT2D eigenvalue weighted by atomic mass is 16.5. The van der Waals surface area contributed by atoms with Crippen molar-refractivity contribution in [3.05, 3.63) is 42.7 Å². The molecule has 138 valence electrons. The van der Waals surface area contributed by atoms with Crippen molar-refractivity contribution < 1.29 is 14.3 Å². The van der Waals surface area contributed by atoms with E-state index in [2.05, 4.69) is 10.3 Å². The number of hydrogen-bond donors (Lipinski definition) is 1. The van der Waals surface area contributed by atoms with Gasteiger partial charge in [0.25, 0.3) is 0 Å². The van der Waals surface area contributed by atoms with Crippen LogP contribution < -0.4 is 5.32 Å². The van der Waals surface area contributed by atoms with Crippen molar-refractivity contribution in [3.8, 4) is 11.4 Å². The lowest BCUT2D eigenvalue weighted by atomic mass is 10.1. The summed E-state index contributed by atoms with van der Waals surface area (Å²) < 4.78 is 13.5. The molecule has 1 aromatic carbocycles. The third kappa shape index (κ3) is 4.31. The third-order valence-corrected chi connectivity index (χ3v) is 4.94. The van der Waals surface area contributed by atoms with Crippen LogP contribution in [0, 0.1) is 5.92 Å². The summed E-state index contributed by atoms with van der Waals surface area (Å²) in [4.78, 5) is 17.0. The Balaban J connectivity index is 1.36. The number of aromatic nitrogens is 2. The van der Waals surface area contributed by atoms with E-state index in [9.17, 15) is 4.79 Å². The number of carbonyl (C=O) groups excluding carboxylic acids is 1. The number of rotatable bonds is 7. The predicted octanol–water partition coefficient (Wildman–Crippen LogP) is 2.25. The number of nitrogens with zero attached hydrogens (tertiary/aromatic N) is 2. The van der Waals surface area contributed by atoms with Gasteiger partial charge in [-0.05, 0) is 25.2 Å². The van der Waals surface area contributed by atoms with Gasteiger partial charge < -0.3 is 19.4 Å². The zero-order valence-electron chi connectivity index (χ0n) is 14.8. The van der Waals surface area contributed by atoms with Crippen molar-refractivity contribution in [2.75, 3.05) is 19.8 Å². The maximum Gasteiger partial charge on any atom is 0.240 e. The molecule has 2 fully saturated rings. The van der Waals surface area contributed by atoms with Gasteiger partial charge in [-0.15, -0.1) is 0 Å². The molecule has 0 radical (unpaired) electrons. The number of imidazole rings is 1. The summed E-state index contributed by atoms with van der Waals surface area (Å²) in [5.74, 6) is 1.46. The molecule has 1 N–H and O–H groups in total. The first-order valence-electron chi connectivity index (χ1n) is 9.35. The fraction of sp³-hybridized carbons (Fsp3) is 0.500. The molecule has 1 saturated carbocycles. The predicted molar refractivity (Wildman–Crippen MR) is 97.5 cm³/mol. The van der Waals surface area contributed by atoms with Gasteiger partial charge in [-0.2, -0.15) is 0 Å². The molecule has 0 spiro atoms. The molecule has 26 heavy (non-hydrogen) atoms. The summed E-state index contributed by atoms with van der Waals surface area (Å²) in [6, 6.07) is 9.80. The fourth-order valence-electron chi connectivity index (χ4n) is 3.29. The van der Waals surface area contributed by atoms with E-state index in [-0.39, 0.29) is 24.6 Å². The number of hydrogen-bond acceptors (Lipinski definition) is 4. The minimum atomic E-state index is -0.0845. The molecule has 1 amide bonds. The first-order valence-corrected chi connectivity index (χ1v) is 9.35. The number of benzene rings is 1. The second-order valence-electron chi connectivity index (χ2n) is 7.10.